The Morgan fingerprint density at radius 1 is 1.20 bits per heavy atom. The van der Waals surface area contributed by atoms with E-state index in [0.29, 0.717) is 0 Å². The highest BCUT2D eigenvalue weighted by molar-refractivity contribution is 5.61. The second-order valence-corrected chi connectivity index (χ2v) is 2.93. The first-order valence-corrected chi connectivity index (χ1v) is 4.44. The zero-order valence-electron chi connectivity index (χ0n) is 8.53. The van der Waals surface area contributed by atoms with Crippen molar-refractivity contribution in [3.63, 3.8) is 0 Å². The van der Waals surface area contributed by atoms with Crippen LogP contribution in [0.15, 0.2) is 6.58 Å². The molecule has 0 saturated heterocycles. The van der Waals surface area contributed by atoms with E-state index in [9.17, 15) is 13.2 Å². The standard InChI is InChI=1S/C11H11F3O/c1-4-6-7(5-2)11(15-3)10(14)9(13)8(6)12/h5H,2,4H2,1,3H3. The Morgan fingerprint density at radius 3 is 2.20 bits per heavy atom. The predicted molar refractivity (Wildman–Crippen MR) is 52.3 cm³/mol. The third-order valence-electron chi connectivity index (χ3n) is 2.18. The predicted octanol–water partition coefficient (Wildman–Crippen LogP) is 3.32. The average molecular weight is 216 g/mol. The second-order valence-electron chi connectivity index (χ2n) is 2.93. The van der Waals surface area contributed by atoms with E-state index in [-0.39, 0.29) is 23.3 Å². The summed E-state index contributed by atoms with van der Waals surface area (Å²) >= 11 is 0. The van der Waals surface area contributed by atoms with Gasteiger partial charge in [-0.3, -0.25) is 0 Å². The van der Waals surface area contributed by atoms with Crippen molar-refractivity contribution < 1.29 is 17.9 Å². The molecule has 0 unspecified atom stereocenters. The van der Waals surface area contributed by atoms with E-state index in [1.807, 2.05) is 0 Å². The van der Waals surface area contributed by atoms with Gasteiger partial charge >= 0.3 is 0 Å². The number of rotatable bonds is 3. The Bertz CT molecular complexity index is 368. The number of hydrogen-bond donors (Lipinski definition) is 0. The van der Waals surface area contributed by atoms with Crippen LogP contribution in [0, 0.1) is 17.5 Å². The van der Waals surface area contributed by atoms with Crippen molar-refractivity contribution >= 4 is 6.08 Å². The van der Waals surface area contributed by atoms with Crippen molar-refractivity contribution in [3.8, 4) is 5.75 Å². The van der Waals surface area contributed by atoms with Crippen LogP contribution in [-0.2, 0) is 6.42 Å². The van der Waals surface area contributed by atoms with Gasteiger partial charge in [0.1, 0.15) is 0 Å². The molecule has 0 aliphatic rings. The maximum absolute atomic E-state index is 13.3. The molecule has 1 rings (SSSR count). The van der Waals surface area contributed by atoms with Crippen LogP contribution in [-0.4, -0.2) is 7.11 Å². The minimum absolute atomic E-state index is 0.0701. The van der Waals surface area contributed by atoms with Gasteiger partial charge in [-0.05, 0) is 6.42 Å². The molecule has 0 amide bonds. The first kappa shape index (κ1) is 11.6. The summed E-state index contributed by atoms with van der Waals surface area (Å²) in [5.41, 5.74) is 0.233. The molecule has 0 radical (unpaired) electrons. The van der Waals surface area contributed by atoms with Crippen LogP contribution in [0.1, 0.15) is 18.1 Å². The second kappa shape index (κ2) is 4.38. The molecule has 0 aliphatic carbocycles. The molecule has 0 spiro atoms. The third kappa shape index (κ3) is 1.71. The maximum atomic E-state index is 13.3. The van der Waals surface area contributed by atoms with Gasteiger partial charge < -0.3 is 4.74 Å². The fraction of sp³-hybridized carbons (Fsp3) is 0.273. The van der Waals surface area contributed by atoms with Gasteiger partial charge in [-0.1, -0.05) is 19.6 Å². The molecule has 0 atom stereocenters. The minimum Gasteiger partial charge on any atom is -0.493 e. The number of methoxy groups -OCH3 is 1. The largest absolute Gasteiger partial charge is 0.493 e. The van der Waals surface area contributed by atoms with E-state index >= 15 is 0 Å². The number of halogens is 3. The molecule has 0 heterocycles. The summed E-state index contributed by atoms with van der Waals surface area (Å²) in [6, 6.07) is 0. The zero-order chi connectivity index (χ0) is 11.6. The molecular weight excluding hydrogens is 205 g/mol. The highest BCUT2D eigenvalue weighted by atomic mass is 19.2. The first-order valence-electron chi connectivity index (χ1n) is 4.44. The Labute approximate surface area is 86.2 Å². The van der Waals surface area contributed by atoms with Crippen molar-refractivity contribution in [1.29, 1.82) is 0 Å². The van der Waals surface area contributed by atoms with Crippen LogP contribution < -0.4 is 4.74 Å². The summed E-state index contributed by atoms with van der Waals surface area (Å²) in [6.07, 6.45) is 1.49. The molecule has 4 heteroatoms. The molecule has 82 valence electrons. The molecule has 1 aromatic rings. The van der Waals surface area contributed by atoms with Gasteiger partial charge in [-0.2, -0.15) is 4.39 Å². The lowest BCUT2D eigenvalue weighted by atomic mass is 10.0. The van der Waals surface area contributed by atoms with Crippen molar-refractivity contribution in [2.24, 2.45) is 0 Å². The molecule has 0 aliphatic heterocycles. The molecule has 1 nitrogen and oxygen atoms in total. The van der Waals surface area contributed by atoms with Crippen LogP contribution in [0.3, 0.4) is 0 Å². The zero-order valence-corrected chi connectivity index (χ0v) is 8.53. The van der Waals surface area contributed by atoms with Crippen molar-refractivity contribution in [2.45, 2.75) is 13.3 Å². The Balaban J connectivity index is 3.66. The van der Waals surface area contributed by atoms with E-state index in [0.717, 1.165) is 0 Å². The number of benzene rings is 1. The van der Waals surface area contributed by atoms with E-state index in [2.05, 4.69) is 6.58 Å². The Morgan fingerprint density at radius 2 is 1.80 bits per heavy atom. The van der Waals surface area contributed by atoms with Crippen LogP contribution in [0.25, 0.3) is 6.08 Å². The van der Waals surface area contributed by atoms with E-state index in [1.54, 1.807) is 6.92 Å². The smallest absolute Gasteiger partial charge is 0.204 e. The summed E-state index contributed by atoms with van der Waals surface area (Å²) in [4.78, 5) is 0. The van der Waals surface area contributed by atoms with Gasteiger partial charge in [0, 0.05) is 11.1 Å². The fourth-order valence-corrected chi connectivity index (χ4v) is 1.46. The van der Waals surface area contributed by atoms with Gasteiger partial charge in [-0.15, -0.1) is 0 Å². The summed E-state index contributed by atoms with van der Waals surface area (Å²) in [7, 11) is 1.20. The molecule has 0 bridgehead atoms. The molecule has 1 aromatic carbocycles. The van der Waals surface area contributed by atoms with Crippen molar-refractivity contribution in [1.82, 2.24) is 0 Å². The minimum atomic E-state index is -1.51. The number of hydrogen-bond acceptors (Lipinski definition) is 1. The monoisotopic (exact) mass is 216 g/mol. The van der Waals surface area contributed by atoms with Gasteiger partial charge in [0.2, 0.25) is 5.82 Å². The Hall–Kier alpha value is -1.45. The van der Waals surface area contributed by atoms with Gasteiger partial charge in [0.15, 0.2) is 17.4 Å². The molecule has 0 N–H and O–H groups in total. The molecule has 0 fully saturated rings. The topological polar surface area (TPSA) is 9.23 Å². The summed E-state index contributed by atoms with van der Waals surface area (Å²) in [6.45, 7) is 5.07. The van der Waals surface area contributed by atoms with Crippen LogP contribution in [0.2, 0.25) is 0 Å². The van der Waals surface area contributed by atoms with Gasteiger partial charge in [-0.25, -0.2) is 8.78 Å². The van der Waals surface area contributed by atoms with E-state index in [1.165, 1.54) is 13.2 Å². The fourth-order valence-electron chi connectivity index (χ4n) is 1.46. The van der Waals surface area contributed by atoms with Crippen LogP contribution in [0.5, 0.6) is 5.75 Å². The molecule has 0 aromatic heterocycles. The summed E-state index contributed by atoms with van der Waals surface area (Å²) < 4.78 is 44.3. The lowest BCUT2D eigenvalue weighted by molar-refractivity contribution is 0.357. The van der Waals surface area contributed by atoms with Gasteiger partial charge in [0.25, 0.3) is 0 Å². The SMILES string of the molecule is C=Cc1c(CC)c(F)c(F)c(F)c1OC. The molecule has 15 heavy (non-hydrogen) atoms. The molecular formula is C11H11F3O. The number of ether oxygens (including phenoxy) is 1. The highest BCUT2D eigenvalue weighted by Crippen LogP contribution is 2.32. The summed E-state index contributed by atoms with van der Waals surface area (Å²) in [5, 5.41) is 0. The highest BCUT2D eigenvalue weighted by Gasteiger charge is 2.22. The van der Waals surface area contributed by atoms with Gasteiger partial charge in [0.05, 0.1) is 7.11 Å². The first-order chi connectivity index (χ1) is 7.08. The maximum Gasteiger partial charge on any atom is 0.204 e. The molecule has 0 saturated carbocycles. The lowest BCUT2D eigenvalue weighted by Crippen LogP contribution is -2.04. The Kier molecular flexibility index (Phi) is 3.39. The quantitative estimate of drug-likeness (QED) is 0.704. The normalized spacial score (nSPS) is 10.2. The third-order valence-corrected chi connectivity index (χ3v) is 2.18. The van der Waals surface area contributed by atoms with Crippen molar-refractivity contribution in [3.05, 3.63) is 35.2 Å². The van der Waals surface area contributed by atoms with Crippen LogP contribution >= 0.6 is 0 Å². The van der Waals surface area contributed by atoms with E-state index in [4.69, 9.17) is 4.74 Å². The van der Waals surface area contributed by atoms with Crippen molar-refractivity contribution in [2.75, 3.05) is 7.11 Å². The average Bonchev–Trinajstić information content (AvgIpc) is 2.25. The van der Waals surface area contributed by atoms with E-state index < -0.39 is 17.5 Å². The summed E-state index contributed by atoms with van der Waals surface area (Å²) in [5.74, 6) is -4.30. The lowest BCUT2D eigenvalue weighted by Gasteiger charge is -2.12. The van der Waals surface area contributed by atoms with Crippen LogP contribution in [0.4, 0.5) is 13.2 Å².